The van der Waals surface area contributed by atoms with Crippen molar-refractivity contribution < 1.29 is 22.4 Å². The molecule has 1 saturated heterocycles. The molecule has 2 aliphatic rings. The average molecular weight is 435 g/mol. The standard InChI is InChI=1S/C17H18FN7O4S/c1-9(14-7-21-10(4-19)6-22-14)23-15(26)8-25-17(27)24-13-3-2-12(18)11(5-20)16(13)30(25,28)29/h2-3,9-10,14,21-22H,6-8H2,1H3,(H,23,26)(H,24,27)/t9-,10?,14?/m0/s1. The maximum Gasteiger partial charge on any atom is 0.336 e. The maximum absolute atomic E-state index is 13.9. The number of carbonyl (C=O) groups is 2. The molecule has 11 nitrogen and oxygen atoms in total. The van der Waals surface area contributed by atoms with Crippen molar-refractivity contribution in [2.24, 2.45) is 0 Å². The Morgan fingerprint density at radius 1 is 1.37 bits per heavy atom. The molecule has 13 heteroatoms. The number of fused-ring (bicyclic) bond motifs is 1. The van der Waals surface area contributed by atoms with Gasteiger partial charge in [-0.2, -0.15) is 10.5 Å². The Labute approximate surface area is 171 Å². The third-order valence-electron chi connectivity index (χ3n) is 4.84. The summed E-state index contributed by atoms with van der Waals surface area (Å²) < 4.78 is 39.9. The molecule has 0 spiro atoms. The number of sulfonamides is 1. The normalized spacial score (nSPS) is 23.3. The van der Waals surface area contributed by atoms with E-state index in [1.165, 1.54) is 6.07 Å². The van der Waals surface area contributed by atoms with E-state index >= 15 is 0 Å². The number of urea groups is 1. The Morgan fingerprint density at radius 3 is 2.70 bits per heavy atom. The highest BCUT2D eigenvalue weighted by molar-refractivity contribution is 7.90. The van der Waals surface area contributed by atoms with E-state index in [1.807, 2.05) is 0 Å². The van der Waals surface area contributed by atoms with Crippen LogP contribution < -0.4 is 21.3 Å². The number of nitriles is 2. The largest absolute Gasteiger partial charge is 0.350 e. The van der Waals surface area contributed by atoms with Crippen LogP contribution in [-0.4, -0.2) is 62.4 Å². The molecule has 0 bridgehead atoms. The first-order valence-corrected chi connectivity index (χ1v) is 10.3. The number of amides is 3. The quantitative estimate of drug-likeness (QED) is 0.476. The second-order valence-corrected chi connectivity index (χ2v) is 8.61. The van der Waals surface area contributed by atoms with Crippen LogP contribution in [0.5, 0.6) is 0 Å². The molecule has 1 fully saturated rings. The Hall–Kier alpha value is -3.26. The summed E-state index contributed by atoms with van der Waals surface area (Å²) in [5, 5.41) is 29.0. The lowest BCUT2D eigenvalue weighted by atomic mass is 10.1. The van der Waals surface area contributed by atoms with Gasteiger partial charge in [0.05, 0.1) is 11.8 Å². The van der Waals surface area contributed by atoms with Crippen molar-refractivity contribution in [1.29, 1.82) is 10.5 Å². The van der Waals surface area contributed by atoms with E-state index in [9.17, 15) is 22.4 Å². The molecule has 0 radical (unpaired) electrons. The van der Waals surface area contributed by atoms with Gasteiger partial charge in [-0.25, -0.2) is 21.9 Å². The second kappa shape index (κ2) is 8.23. The topological polar surface area (TPSA) is 167 Å². The van der Waals surface area contributed by atoms with Crippen LogP contribution in [0.4, 0.5) is 14.9 Å². The SMILES string of the molecule is C[C@H](NC(=O)CN1C(=O)Nc2ccc(F)c(C#N)c2S1(=O)=O)C1CNC(C#N)CN1. The fraction of sp³-hybridized carbons (Fsp3) is 0.412. The lowest BCUT2D eigenvalue weighted by Gasteiger charge is -2.33. The Morgan fingerprint density at radius 2 is 2.10 bits per heavy atom. The van der Waals surface area contributed by atoms with E-state index in [1.54, 1.807) is 6.92 Å². The third kappa shape index (κ3) is 3.91. The van der Waals surface area contributed by atoms with E-state index in [0.717, 1.165) is 12.1 Å². The van der Waals surface area contributed by atoms with Crippen molar-refractivity contribution in [3.05, 3.63) is 23.5 Å². The number of rotatable bonds is 4. The van der Waals surface area contributed by atoms with E-state index in [4.69, 9.17) is 10.5 Å². The van der Waals surface area contributed by atoms with Crippen molar-refractivity contribution in [3.8, 4) is 12.1 Å². The number of benzene rings is 1. The summed E-state index contributed by atoms with van der Waals surface area (Å²) in [4.78, 5) is 24.0. The molecule has 2 unspecified atom stereocenters. The highest BCUT2D eigenvalue weighted by Gasteiger charge is 2.41. The van der Waals surface area contributed by atoms with Gasteiger partial charge in [0.2, 0.25) is 5.91 Å². The summed E-state index contributed by atoms with van der Waals surface area (Å²) in [5.41, 5.74) is -0.969. The first-order chi connectivity index (χ1) is 14.2. The fourth-order valence-electron chi connectivity index (χ4n) is 3.24. The zero-order chi connectivity index (χ0) is 22.1. The summed E-state index contributed by atoms with van der Waals surface area (Å²) in [5.74, 6) is -1.82. The van der Waals surface area contributed by atoms with Crippen LogP contribution in [0.1, 0.15) is 12.5 Å². The molecule has 0 saturated carbocycles. The highest BCUT2D eigenvalue weighted by Crippen LogP contribution is 2.33. The lowest BCUT2D eigenvalue weighted by molar-refractivity contribution is -0.121. The van der Waals surface area contributed by atoms with Gasteiger partial charge in [-0.1, -0.05) is 0 Å². The molecule has 1 aromatic rings. The van der Waals surface area contributed by atoms with E-state index < -0.39 is 50.8 Å². The number of piperazine rings is 1. The zero-order valence-electron chi connectivity index (χ0n) is 15.8. The summed E-state index contributed by atoms with van der Waals surface area (Å²) in [6.45, 7) is 1.62. The number of halogens is 1. The Bertz CT molecular complexity index is 1070. The van der Waals surface area contributed by atoms with Crippen molar-refractivity contribution in [1.82, 2.24) is 20.3 Å². The number of hydrogen-bond acceptors (Lipinski definition) is 8. The van der Waals surface area contributed by atoms with Gasteiger partial charge >= 0.3 is 6.03 Å². The highest BCUT2D eigenvalue weighted by atomic mass is 32.2. The van der Waals surface area contributed by atoms with Gasteiger partial charge < -0.3 is 16.0 Å². The molecule has 1 aromatic carbocycles. The molecule has 3 atom stereocenters. The molecule has 30 heavy (non-hydrogen) atoms. The molecule has 4 N–H and O–H groups in total. The number of nitrogens with one attached hydrogen (secondary N) is 4. The van der Waals surface area contributed by atoms with Gasteiger partial charge in [-0.3, -0.25) is 10.1 Å². The third-order valence-corrected chi connectivity index (χ3v) is 6.65. The molecule has 0 aliphatic carbocycles. The Balaban J connectivity index is 1.75. The van der Waals surface area contributed by atoms with Crippen molar-refractivity contribution in [2.75, 3.05) is 25.0 Å². The van der Waals surface area contributed by atoms with Crippen molar-refractivity contribution >= 4 is 27.6 Å². The van der Waals surface area contributed by atoms with Crippen LogP contribution in [0.2, 0.25) is 0 Å². The van der Waals surface area contributed by atoms with Crippen LogP contribution in [-0.2, 0) is 14.8 Å². The summed E-state index contributed by atoms with van der Waals surface area (Å²) in [6, 6.07) is 3.36. The van der Waals surface area contributed by atoms with Crippen molar-refractivity contribution in [3.63, 3.8) is 0 Å². The predicted molar refractivity (Wildman–Crippen MR) is 101 cm³/mol. The summed E-state index contributed by atoms with van der Waals surface area (Å²) >= 11 is 0. The van der Waals surface area contributed by atoms with E-state index in [2.05, 4.69) is 27.3 Å². The molecule has 3 rings (SSSR count). The zero-order valence-corrected chi connectivity index (χ0v) is 16.6. The van der Waals surface area contributed by atoms with Gasteiger partial charge in [0.25, 0.3) is 10.0 Å². The minimum absolute atomic E-state index is 0.217. The predicted octanol–water partition coefficient (Wildman–Crippen LogP) is -0.808. The van der Waals surface area contributed by atoms with Crippen molar-refractivity contribution in [2.45, 2.75) is 29.9 Å². The first-order valence-electron chi connectivity index (χ1n) is 8.91. The van der Waals surface area contributed by atoms with Crippen LogP contribution in [0, 0.1) is 28.5 Å². The average Bonchev–Trinajstić information content (AvgIpc) is 2.71. The minimum atomic E-state index is -4.63. The van der Waals surface area contributed by atoms with Crippen LogP contribution in [0.15, 0.2) is 17.0 Å². The maximum atomic E-state index is 13.9. The molecule has 158 valence electrons. The van der Waals surface area contributed by atoms with E-state index in [0.29, 0.717) is 13.1 Å². The smallest absolute Gasteiger partial charge is 0.336 e. The lowest BCUT2D eigenvalue weighted by Crippen LogP contribution is -2.61. The summed E-state index contributed by atoms with van der Waals surface area (Å²) in [7, 11) is -4.63. The van der Waals surface area contributed by atoms with Gasteiger partial charge in [-0.15, -0.1) is 0 Å². The fourth-order valence-corrected chi connectivity index (χ4v) is 4.81. The van der Waals surface area contributed by atoms with Crippen LogP contribution >= 0.6 is 0 Å². The van der Waals surface area contributed by atoms with Crippen LogP contribution in [0.25, 0.3) is 0 Å². The molecular formula is C17H18FN7O4S. The number of nitrogens with zero attached hydrogens (tertiary/aromatic N) is 3. The number of carbonyl (C=O) groups excluding carboxylic acids is 2. The molecule has 2 heterocycles. The van der Waals surface area contributed by atoms with Gasteiger partial charge in [0.15, 0.2) is 0 Å². The molecule has 3 amide bonds. The first kappa shape index (κ1) is 21.4. The monoisotopic (exact) mass is 435 g/mol. The van der Waals surface area contributed by atoms with Crippen LogP contribution in [0.3, 0.4) is 0 Å². The minimum Gasteiger partial charge on any atom is -0.350 e. The molecule has 2 aliphatic heterocycles. The van der Waals surface area contributed by atoms with Gasteiger partial charge in [-0.05, 0) is 19.1 Å². The molecule has 0 aromatic heterocycles. The number of hydrogen-bond donors (Lipinski definition) is 4. The number of anilines is 1. The Kier molecular flexibility index (Phi) is 5.89. The molecular weight excluding hydrogens is 417 g/mol. The summed E-state index contributed by atoms with van der Waals surface area (Å²) in [6.07, 6.45) is 0. The van der Waals surface area contributed by atoms with E-state index in [-0.39, 0.29) is 22.1 Å². The van der Waals surface area contributed by atoms with Gasteiger partial charge in [0, 0.05) is 25.2 Å². The van der Waals surface area contributed by atoms with Gasteiger partial charge in [0.1, 0.15) is 34.9 Å². The second-order valence-electron chi connectivity index (χ2n) is 6.81.